The zero-order valence-corrected chi connectivity index (χ0v) is 18.1. The maximum absolute atomic E-state index is 11.9. The van der Waals surface area contributed by atoms with Gasteiger partial charge in [-0.05, 0) is 50.2 Å². The van der Waals surface area contributed by atoms with Gasteiger partial charge in [0.1, 0.15) is 23.9 Å². The van der Waals surface area contributed by atoms with Crippen LogP contribution in [0.1, 0.15) is 29.9 Å². The molecule has 2 aromatic heterocycles. The van der Waals surface area contributed by atoms with Crippen LogP contribution in [-0.4, -0.2) is 47.0 Å². The largest absolute Gasteiger partial charge is 0.489 e. The molecule has 1 amide bonds. The van der Waals surface area contributed by atoms with Crippen molar-refractivity contribution in [3.8, 4) is 5.75 Å². The lowest BCUT2D eigenvalue weighted by atomic mass is 10.1. The molecule has 2 aromatic rings. The van der Waals surface area contributed by atoms with Crippen molar-refractivity contribution >= 4 is 28.0 Å². The summed E-state index contributed by atoms with van der Waals surface area (Å²) in [6, 6.07) is 5.61. The second-order valence-corrected chi connectivity index (χ2v) is 9.43. The van der Waals surface area contributed by atoms with Gasteiger partial charge in [0.2, 0.25) is 5.91 Å². The molecule has 3 heterocycles. The smallest absolute Gasteiger partial charge is 0.232 e. The summed E-state index contributed by atoms with van der Waals surface area (Å²) in [5, 5.41) is 4.78. The molecule has 1 fully saturated rings. The van der Waals surface area contributed by atoms with Crippen LogP contribution in [0.3, 0.4) is 0 Å². The van der Waals surface area contributed by atoms with E-state index in [2.05, 4.69) is 16.3 Å². The summed E-state index contributed by atoms with van der Waals surface area (Å²) in [4.78, 5) is 15.6. The Morgan fingerprint density at radius 2 is 2.17 bits per heavy atom. The van der Waals surface area contributed by atoms with E-state index in [1.54, 1.807) is 23.5 Å². The molecule has 0 spiro atoms. The van der Waals surface area contributed by atoms with Gasteiger partial charge in [0.05, 0.1) is 12.0 Å². The van der Waals surface area contributed by atoms with Gasteiger partial charge in [-0.25, -0.2) is 0 Å². The molecular weight excluding hydrogens is 408 g/mol. The summed E-state index contributed by atoms with van der Waals surface area (Å²) < 4.78 is 22.8. The molecule has 8 heteroatoms. The van der Waals surface area contributed by atoms with Crippen LogP contribution in [0.2, 0.25) is 0 Å². The molecule has 1 unspecified atom stereocenters. The van der Waals surface area contributed by atoms with E-state index in [4.69, 9.17) is 9.15 Å². The molecule has 158 valence electrons. The molecule has 0 radical (unpaired) electrons. The standard InChI is InChI=1S/C21H28N2O4S2/c24-21(17-29(25)16-18-7-6-12-26-18)22-8-2-5-11-27-19-13-20(28-15-19)14-23-9-3-1-4-10-23/h2,5-7,12-13,15H,1,3-4,8-11,14,16-17H2,(H,22,24). The highest BCUT2D eigenvalue weighted by Crippen LogP contribution is 2.24. The van der Waals surface area contributed by atoms with Gasteiger partial charge in [-0.3, -0.25) is 13.9 Å². The van der Waals surface area contributed by atoms with E-state index in [-0.39, 0.29) is 17.4 Å². The minimum Gasteiger partial charge on any atom is -0.489 e. The number of thiophene rings is 1. The summed E-state index contributed by atoms with van der Waals surface area (Å²) in [5.41, 5.74) is 0. The zero-order valence-electron chi connectivity index (χ0n) is 16.5. The number of rotatable bonds is 11. The van der Waals surface area contributed by atoms with Crippen molar-refractivity contribution in [1.82, 2.24) is 10.2 Å². The third kappa shape index (κ3) is 8.16. The lowest BCUT2D eigenvalue weighted by molar-refractivity contribution is -0.118. The Hall–Kier alpha value is -1.90. The Labute approximate surface area is 178 Å². The Morgan fingerprint density at radius 1 is 1.31 bits per heavy atom. The van der Waals surface area contributed by atoms with E-state index in [1.165, 1.54) is 43.5 Å². The lowest BCUT2D eigenvalue weighted by Crippen LogP contribution is -2.28. The van der Waals surface area contributed by atoms with Crippen molar-refractivity contribution < 1.29 is 18.2 Å². The molecule has 0 bridgehead atoms. The Balaban J connectivity index is 1.26. The number of nitrogens with one attached hydrogen (secondary N) is 1. The quantitative estimate of drug-likeness (QED) is 0.547. The molecule has 1 aliphatic rings. The van der Waals surface area contributed by atoms with E-state index in [0.29, 0.717) is 18.9 Å². The fraction of sp³-hybridized carbons (Fsp3) is 0.476. The number of carbonyl (C=O) groups excluding carboxylic acids is 1. The first-order chi connectivity index (χ1) is 14.2. The van der Waals surface area contributed by atoms with Crippen LogP contribution in [0.4, 0.5) is 0 Å². The highest BCUT2D eigenvalue weighted by Gasteiger charge is 2.12. The molecule has 1 N–H and O–H groups in total. The Bertz CT molecular complexity index is 795. The maximum Gasteiger partial charge on any atom is 0.232 e. The summed E-state index contributed by atoms with van der Waals surface area (Å²) >= 11 is 1.74. The number of hydrogen-bond acceptors (Lipinski definition) is 6. The van der Waals surface area contributed by atoms with Gasteiger partial charge in [-0.1, -0.05) is 12.5 Å². The molecular formula is C21H28N2O4S2. The average Bonchev–Trinajstić information content (AvgIpc) is 3.37. The van der Waals surface area contributed by atoms with Crippen molar-refractivity contribution in [2.45, 2.75) is 31.6 Å². The van der Waals surface area contributed by atoms with Gasteiger partial charge >= 0.3 is 0 Å². The third-order valence-corrected chi connectivity index (χ3v) is 6.65. The summed E-state index contributed by atoms with van der Waals surface area (Å²) in [6.45, 7) is 4.25. The summed E-state index contributed by atoms with van der Waals surface area (Å²) in [5.74, 6) is 1.51. The maximum atomic E-state index is 11.9. The van der Waals surface area contributed by atoms with Gasteiger partial charge < -0.3 is 14.5 Å². The lowest BCUT2D eigenvalue weighted by Gasteiger charge is -2.25. The Kier molecular flexibility index (Phi) is 8.98. The second kappa shape index (κ2) is 11.9. The molecule has 1 saturated heterocycles. The summed E-state index contributed by atoms with van der Waals surface area (Å²) in [6.07, 6.45) is 9.21. The predicted octanol–water partition coefficient (Wildman–Crippen LogP) is 3.33. The number of amides is 1. The van der Waals surface area contributed by atoms with E-state index < -0.39 is 10.8 Å². The fourth-order valence-electron chi connectivity index (χ4n) is 3.13. The minimum absolute atomic E-state index is 0.0280. The highest BCUT2D eigenvalue weighted by atomic mass is 32.2. The van der Waals surface area contributed by atoms with Gasteiger partial charge in [0, 0.05) is 34.1 Å². The molecule has 3 rings (SSSR count). The van der Waals surface area contributed by atoms with E-state index in [1.807, 2.05) is 17.5 Å². The van der Waals surface area contributed by atoms with Crippen LogP contribution in [0, 0.1) is 0 Å². The molecule has 1 aliphatic heterocycles. The van der Waals surface area contributed by atoms with Crippen LogP contribution in [0.5, 0.6) is 5.75 Å². The average molecular weight is 437 g/mol. The van der Waals surface area contributed by atoms with E-state index in [0.717, 1.165) is 12.3 Å². The topological polar surface area (TPSA) is 71.8 Å². The number of piperidine rings is 1. The molecule has 0 saturated carbocycles. The van der Waals surface area contributed by atoms with Crippen molar-refractivity contribution in [3.05, 3.63) is 52.6 Å². The number of likely N-dealkylation sites (tertiary alicyclic amines) is 1. The highest BCUT2D eigenvalue weighted by molar-refractivity contribution is 7.84. The number of nitrogens with zero attached hydrogens (tertiary/aromatic N) is 1. The van der Waals surface area contributed by atoms with E-state index >= 15 is 0 Å². The van der Waals surface area contributed by atoms with Crippen molar-refractivity contribution in [1.29, 1.82) is 0 Å². The SMILES string of the molecule is O=C(CS(=O)Cc1ccco1)NCC=CCOc1csc(CN2CCCCC2)c1. The molecule has 0 aromatic carbocycles. The number of ether oxygens (including phenoxy) is 1. The number of hydrogen-bond donors (Lipinski definition) is 1. The zero-order chi connectivity index (χ0) is 20.3. The molecule has 0 aliphatic carbocycles. The molecule has 1 atom stereocenters. The minimum atomic E-state index is -1.27. The molecule has 29 heavy (non-hydrogen) atoms. The normalized spacial score (nSPS) is 16.1. The van der Waals surface area contributed by atoms with Crippen molar-refractivity contribution in [3.63, 3.8) is 0 Å². The van der Waals surface area contributed by atoms with Crippen LogP contribution in [-0.2, 0) is 27.9 Å². The first-order valence-corrected chi connectivity index (χ1v) is 12.3. The van der Waals surface area contributed by atoms with Crippen LogP contribution < -0.4 is 10.1 Å². The molecule has 6 nitrogen and oxygen atoms in total. The third-order valence-electron chi connectivity index (χ3n) is 4.56. The van der Waals surface area contributed by atoms with Crippen LogP contribution >= 0.6 is 11.3 Å². The second-order valence-electron chi connectivity index (χ2n) is 6.98. The monoisotopic (exact) mass is 436 g/mol. The fourth-order valence-corrected chi connectivity index (χ4v) is 4.95. The summed E-state index contributed by atoms with van der Waals surface area (Å²) in [7, 11) is -1.27. The first kappa shape index (κ1) is 21.8. The van der Waals surface area contributed by atoms with Crippen molar-refractivity contribution in [2.24, 2.45) is 0 Å². The Morgan fingerprint density at radius 3 is 2.97 bits per heavy atom. The van der Waals surface area contributed by atoms with Crippen LogP contribution in [0.25, 0.3) is 0 Å². The van der Waals surface area contributed by atoms with E-state index in [9.17, 15) is 9.00 Å². The van der Waals surface area contributed by atoms with Gasteiger partial charge in [-0.2, -0.15) is 0 Å². The number of furan rings is 1. The predicted molar refractivity (Wildman–Crippen MR) is 117 cm³/mol. The van der Waals surface area contributed by atoms with Gasteiger partial charge in [0.15, 0.2) is 0 Å². The van der Waals surface area contributed by atoms with Crippen molar-refractivity contribution in [2.75, 3.05) is 32.0 Å². The number of carbonyl (C=O) groups is 1. The first-order valence-electron chi connectivity index (χ1n) is 9.90. The van der Waals surface area contributed by atoms with Gasteiger partial charge in [-0.15, -0.1) is 11.3 Å². The van der Waals surface area contributed by atoms with Gasteiger partial charge in [0.25, 0.3) is 0 Å². The van der Waals surface area contributed by atoms with Crippen LogP contribution in [0.15, 0.2) is 46.4 Å².